The van der Waals surface area contributed by atoms with E-state index in [4.69, 9.17) is 0 Å². The third-order valence-corrected chi connectivity index (χ3v) is 4.27. The molecule has 1 aromatic carbocycles. The van der Waals surface area contributed by atoms with Crippen molar-refractivity contribution in [2.24, 2.45) is 0 Å². The Morgan fingerprint density at radius 2 is 2.10 bits per heavy atom. The third-order valence-electron chi connectivity index (χ3n) is 4.27. The summed E-state index contributed by atoms with van der Waals surface area (Å²) in [5.41, 5.74) is 0.622. The molecule has 0 radical (unpaired) electrons. The van der Waals surface area contributed by atoms with Gasteiger partial charge in [0.15, 0.2) is 0 Å². The summed E-state index contributed by atoms with van der Waals surface area (Å²) in [5, 5.41) is 3.36. The van der Waals surface area contributed by atoms with Crippen LogP contribution in [0.15, 0.2) is 24.3 Å². The van der Waals surface area contributed by atoms with Crippen LogP contribution >= 0.6 is 12.4 Å². The van der Waals surface area contributed by atoms with Crippen LogP contribution in [0.4, 0.5) is 4.39 Å². The standard InChI is InChI=1S/C16H23FN2O.ClH/c1-11(14-6-4-5-7-15(14)17)10-16(20)19-9-8-18-12(2)13(19)3;/h4-7,11-13,18H,8-10H2,1-3H3;1H. The third kappa shape index (κ3) is 4.17. The van der Waals surface area contributed by atoms with Crippen LogP contribution in [-0.2, 0) is 4.79 Å². The van der Waals surface area contributed by atoms with E-state index in [-0.39, 0.29) is 36.1 Å². The van der Waals surface area contributed by atoms with Crippen LogP contribution in [0.1, 0.15) is 38.7 Å². The molecule has 0 saturated carbocycles. The van der Waals surface area contributed by atoms with Crippen molar-refractivity contribution in [3.8, 4) is 0 Å². The predicted octanol–water partition coefficient (Wildman–Crippen LogP) is 2.95. The summed E-state index contributed by atoms with van der Waals surface area (Å²) in [6.07, 6.45) is 0.359. The van der Waals surface area contributed by atoms with E-state index >= 15 is 0 Å². The van der Waals surface area contributed by atoms with Gasteiger partial charge in [0.05, 0.1) is 0 Å². The lowest BCUT2D eigenvalue weighted by molar-refractivity contribution is -0.135. The summed E-state index contributed by atoms with van der Waals surface area (Å²) < 4.78 is 13.7. The van der Waals surface area contributed by atoms with Crippen LogP contribution in [0.2, 0.25) is 0 Å². The van der Waals surface area contributed by atoms with Crippen molar-refractivity contribution in [3.05, 3.63) is 35.6 Å². The van der Waals surface area contributed by atoms with E-state index in [1.54, 1.807) is 12.1 Å². The molecule has 0 spiro atoms. The minimum atomic E-state index is -0.227. The number of halogens is 2. The van der Waals surface area contributed by atoms with Crippen LogP contribution in [-0.4, -0.2) is 36.0 Å². The van der Waals surface area contributed by atoms with Gasteiger partial charge in [-0.05, 0) is 31.4 Å². The lowest BCUT2D eigenvalue weighted by Crippen LogP contribution is -2.57. The molecule has 1 aliphatic rings. The van der Waals surface area contributed by atoms with Crippen molar-refractivity contribution in [3.63, 3.8) is 0 Å². The predicted molar refractivity (Wildman–Crippen MR) is 85.3 cm³/mol. The number of hydrogen-bond donors (Lipinski definition) is 1. The molecule has 5 heteroatoms. The summed E-state index contributed by atoms with van der Waals surface area (Å²) in [5.74, 6) is -0.211. The van der Waals surface area contributed by atoms with Gasteiger partial charge in [0, 0.05) is 31.6 Å². The van der Waals surface area contributed by atoms with E-state index < -0.39 is 0 Å². The smallest absolute Gasteiger partial charge is 0.223 e. The van der Waals surface area contributed by atoms with Crippen molar-refractivity contribution >= 4 is 18.3 Å². The minimum Gasteiger partial charge on any atom is -0.337 e. The molecule has 2 rings (SSSR count). The van der Waals surface area contributed by atoms with E-state index in [2.05, 4.69) is 19.2 Å². The average Bonchev–Trinajstić information content (AvgIpc) is 2.42. The molecule has 118 valence electrons. The molecule has 1 amide bonds. The first-order valence-corrected chi connectivity index (χ1v) is 7.28. The largest absolute Gasteiger partial charge is 0.337 e. The number of carbonyl (C=O) groups is 1. The lowest BCUT2D eigenvalue weighted by Gasteiger charge is -2.39. The highest BCUT2D eigenvalue weighted by molar-refractivity contribution is 5.85. The molecule has 3 atom stereocenters. The topological polar surface area (TPSA) is 32.3 Å². The van der Waals surface area contributed by atoms with Gasteiger partial charge in [0.25, 0.3) is 0 Å². The fraction of sp³-hybridized carbons (Fsp3) is 0.562. The lowest BCUT2D eigenvalue weighted by atomic mass is 9.95. The van der Waals surface area contributed by atoms with Crippen LogP contribution in [0, 0.1) is 5.82 Å². The second-order valence-corrected chi connectivity index (χ2v) is 5.70. The van der Waals surface area contributed by atoms with Gasteiger partial charge in [0.2, 0.25) is 5.91 Å². The molecule has 1 fully saturated rings. The van der Waals surface area contributed by atoms with Gasteiger partial charge in [-0.3, -0.25) is 4.79 Å². The van der Waals surface area contributed by atoms with Gasteiger partial charge < -0.3 is 10.2 Å². The molecule has 1 saturated heterocycles. The maximum absolute atomic E-state index is 13.7. The van der Waals surface area contributed by atoms with Gasteiger partial charge in [-0.2, -0.15) is 0 Å². The summed E-state index contributed by atoms with van der Waals surface area (Å²) in [6, 6.07) is 7.19. The molecular weight excluding hydrogens is 291 g/mol. The first kappa shape index (κ1) is 17.9. The monoisotopic (exact) mass is 314 g/mol. The highest BCUT2D eigenvalue weighted by atomic mass is 35.5. The number of piperazine rings is 1. The molecule has 1 heterocycles. The normalized spacial score (nSPS) is 23.3. The Hall–Kier alpha value is -1.13. The Bertz CT molecular complexity index is 483. The molecule has 1 aromatic rings. The molecule has 3 nitrogen and oxygen atoms in total. The number of rotatable bonds is 3. The zero-order valence-corrected chi connectivity index (χ0v) is 13.6. The van der Waals surface area contributed by atoms with Crippen molar-refractivity contribution in [2.75, 3.05) is 13.1 Å². The molecule has 0 aromatic heterocycles. The average molecular weight is 315 g/mol. The zero-order chi connectivity index (χ0) is 14.7. The Labute approximate surface area is 132 Å². The second-order valence-electron chi connectivity index (χ2n) is 5.70. The molecule has 0 bridgehead atoms. The first-order valence-electron chi connectivity index (χ1n) is 7.28. The quantitative estimate of drug-likeness (QED) is 0.930. The van der Waals surface area contributed by atoms with Crippen LogP contribution in [0.3, 0.4) is 0 Å². The highest BCUT2D eigenvalue weighted by Crippen LogP contribution is 2.23. The fourth-order valence-electron chi connectivity index (χ4n) is 2.77. The number of benzene rings is 1. The SMILES string of the molecule is CC(CC(=O)N1CCNC(C)C1C)c1ccccc1F.Cl. The number of nitrogens with zero attached hydrogens (tertiary/aromatic N) is 1. The number of nitrogens with one attached hydrogen (secondary N) is 1. The number of hydrogen-bond acceptors (Lipinski definition) is 2. The first-order chi connectivity index (χ1) is 9.50. The number of amides is 1. The maximum atomic E-state index is 13.7. The number of carbonyl (C=O) groups excluding carboxylic acids is 1. The fourth-order valence-corrected chi connectivity index (χ4v) is 2.77. The van der Waals surface area contributed by atoms with Gasteiger partial charge in [-0.15, -0.1) is 12.4 Å². The Balaban J connectivity index is 0.00000220. The Morgan fingerprint density at radius 1 is 1.43 bits per heavy atom. The van der Waals surface area contributed by atoms with Crippen LogP contribution in [0.5, 0.6) is 0 Å². The molecule has 21 heavy (non-hydrogen) atoms. The van der Waals surface area contributed by atoms with Gasteiger partial charge in [-0.25, -0.2) is 4.39 Å². The molecule has 3 unspecified atom stereocenters. The van der Waals surface area contributed by atoms with Gasteiger partial charge in [-0.1, -0.05) is 25.1 Å². The molecular formula is C16H24ClFN2O. The summed E-state index contributed by atoms with van der Waals surface area (Å²) >= 11 is 0. The summed E-state index contributed by atoms with van der Waals surface area (Å²) in [4.78, 5) is 14.3. The van der Waals surface area contributed by atoms with E-state index in [1.807, 2.05) is 17.9 Å². The van der Waals surface area contributed by atoms with Crippen molar-refractivity contribution < 1.29 is 9.18 Å². The van der Waals surface area contributed by atoms with Crippen LogP contribution in [0.25, 0.3) is 0 Å². The van der Waals surface area contributed by atoms with E-state index in [0.29, 0.717) is 18.0 Å². The van der Waals surface area contributed by atoms with Crippen molar-refractivity contribution in [1.29, 1.82) is 0 Å². The van der Waals surface area contributed by atoms with E-state index in [9.17, 15) is 9.18 Å². The zero-order valence-electron chi connectivity index (χ0n) is 12.8. The summed E-state index contributed by atoms with van der Waals surface area (Å²) in [6.45, 7) is 7.61. The van der Waals surface area contributed by atoms with Crippen LogP contribution < -0.4 is 5.32 Å². The van der Waals surface area contributed by atoms with Crippen molar-refractivity contribution in [1.82, 2.24) is 10.2 Å². The van der Waals surface area contributed by atoms with Gasteiger partial charge in [0.1, 0.15) is 5.82 Å². The second kappa shape index (κ2) is 7.76. The maximum Gasteiger partial charge on any atom is 0.223 e. The Morgan fingerprint density at radius 3 is 2.76 bits per heavy atom. The Kier molecular flexibility index (Phi) is 6.62. The highest BCUT2D eigenvalue weighted by Gasteiger charge is 2.29. The molecule has 0 aliphatic carbocycles. The van der Waals surface area contributed by atoms with E-state index in [0.717, 1.165) is 13.1 Å². The minimum absolute atomic E-state index is 0. The summed E-state index contributed by atoms with van der Waals surface area (Å²) in [7, 11) is 0. The van der Waals surface area contributed by atoms with E-state index in [1.165, 1.54) is 6.07 Å². The molecule has 1 aliphatic heterocycles. The van der Waals surface area contributed by atoms with Crippen molar-refractivity contribution in [2.45, 2.75) is 45.2 Å². The molecule has 1 N–H and O–H groups in total. The van der Waals surface area contributed by atoms with Gasteiger partial charge >= 0.3 is 0 Å².